The van der Waals surface area contributed by atoms with Crippen LogP contribution in [-0.2, 0) is 0 Å². The highest BCUT2D eigenvalue weighted by molar-refractivity contribution is 7.14. The zero-order chi connectivity index (χ0) is 18.8. The average Bonchev–Trinajstić information content (AvgIpc) is 3.31. The minimum atomic E-state index is -0.374. The van der Waals surface area contributed by atoms with Gasteiger partial charge in [-0.2, -0.15) is 4.98 Å². The monoisotopic (exact) mass is 379 g/mol. The third-order valence-electron chi connectivity index (χ3n) is 3.93. The second-order valence-electron chi connectivity index (χ2n) is 5.92. The Bertz CT molecular complexity index is 1100. The minimum absolute atomic E-state index is 0.223. The fraction of sp³-hybridized carbons (Fsp3) is 0.0500. The predicted octanol–water partition coefficient (Wildman–Crippen LogP) is 5.16. The van der Waals surface area contributed by atoms with Crippen molar-refractivity contribution in [1.82, 2.24) is 10.1 Å². The maximum absolute atomic E-state index is 13.4. The van der Waals surface area contributed by atoms with Gasteiger partial charge in [0.2, 0.25) is 5.82 Å². The number of anilines is 1. The first kappa shape index (κ1) is 17.1. The average molecular weight is 379 g/mol. The molecule has 27 heavy (non-hydrogen) atoms. The Morgan fingerprint density at radius 3 is 2.74 bits per heavy atom. The molecule has 0 saturated heterocycles. The number of hydrogen-bond acceptors (Lipinski definition) is 5. The van der Waals surface area contributed by atoms with Gasteiger partial charge in [0.25, 0.3) is 11.8 Å². The van der Waals surface area contributed by atoms with Crippen LogP contribution in [-0.4, -0.2) is 16.0 Å². The highest BCUT2D eigenvalue weighted by Gasteiger charge is 2.18. The van der Waals surface area contributed by atoms with Gasteiger partial charge in [-0.25, -0.2) is 4.39 Å². The zero-order valence-electron chi connectivity index (χ0n) is 14.3. The Morgan fingerprint density at radius 1 is 1.15 bits per heavy atom. The molecule has 2 aromatic carbocycles. The molecule has 0 fully saturated rings. The fourth-order valence-electron chi connectivity index (χ4n) is 2.53. The largest absolute Gasteiger partial charge is 0.333 e. The Hall–Kier alpha value is -3.32. The van der Waals surface area contributed by atoms with Crippen molar-refractivity contribution >= 4 is 22.9 Å². The molecule has 134 valence electrons. The first-order chi connectivity index (χ1) is 13.1. The molecule has 1 amide bonds. The van der Waals surface area contributed by atoms with Crippen molar-refractivity contribution in [3.8, 4) is 22.2 Å². The van der Waals surface area contributed by atoms with Crippen LogP contribution in [0.25, 0.3) is 22.2 Å². The van der Waals surface area contributed by atoms with Gasteiger partial charge in [0, 0.05) is 11.1 Å². The van der Waals surface area contributed by atoms with E-state index in [0.29, 0.717) is 21.7 Å². The summed E-state index contributed by atoms with van der Waals surface area (Å²) in [5, 5.41) is 8.60. The van der Waals surface area contributed by atoms with E-state index in [1.807, 2.05) is 24.4 Å². The van der Waals surface area contributed by atoms with E-state index >= 15 is 0 Å². The van der Waals surface area contributed by atoms with Gasteiger partial charge >= 0.3 is 0 Å². The number of halogens is 1. The summed E-state index contributed by atoms with van der Waals surface area (Å²) in [6.07, 6.45) is 0. The summed E-state index contributed by atoms with van der Waals surface area (Å²) in [6.45, 7) is 1.96. The number of carbonyl (C=O) groups is 1. The number of rotatable bonds is 4. The second-order valence-corrected chi connectivity index (χ2v) is 6.83. The highest BCUT2D eigenvalue weighted by atomic mass is 32.1. The van der Waals surface area contributed by atoms with Crippen molar-refractivity contribution in [1.29, 1.82) is 0 Å². The molecular formula is C20H14FN3O2S. The smallest absolute Gasteiger partial charge is 0.270 e. The molecular weight excluding hydrogens is 365 g/mol. The quantitative estimate of drug-likeness (QED) is 0.531. The third-order valence-corrected chi connectivity index (χ3v) is 4.83. The van der Waals surface area contributed by atoms with E-state index in [1.54, 1.807) is 30.3 Å². The SMILES string of the molecule is Cc1ccc(C(=O)Nc2ccsc2-c2nc(-c3cccc(F)c3)no2)cc1. The van der Waals surface area contributed by atoms with Crippen LogP contribution in [0, 0.1) is 12.7 Å². The van der Waals surface area contributed by atoms with Crippen LogP contribution in [0.5, 0.6) is 0 Å². The van der Waals surface area contributed by atoms with Crippen LogP contribution in [0.2, 0.25) is 0 Å². The predicted molar refractivity (Wildman–Crippen MR) is 102 cm³/mol. The zero-order valence-corrected chi connectivity index (χ0v) is 15.1. The van der Waals surface area contributed by atoms with Gasteiger partial charge < -0.3 is 9.84 Å². The van der Waals surface area contributed by atoms with Crippen molar-refractivity contribution < 1.29 is 13.7 Å². The molecule has 7 heteroatoms. The Labute approximate surface area is 158 Å². The van der Waals surface area contributed by atoms with Crippen molar-refractivity contribution in [2.45, 2.75) is 6.92 Å². The molecule has 1 N–H and O–H groups in total. The lowest BCUT2D eigenvalue weighted by atomic mass is 10.1. The summed E-state index contributed by atoms with van der Waals surface area (Å²) in [7, 11) is 0. The van der Waals surface area contributed by atoms with Gasteiger partial charge in [-0.05, 0) is 42.6 Å². The summed E-state index contributed by atoms with van der Waals surface area (Å²) < 4.78 is 18.7. The highest BCUT2D eigenvalue weighted by Crippen LogP contribution is 2.34. The Morgan fingerprint density at radius 2 is 1.96 bits per heavy atom. The molecule has 0 bridgehead atoms. The number of benzene rings is 2. The normalized spacial score (nSPS) is 10.7. The first-order valence-corrected chi connectivity index (χ1v) is 9.03. The van der Waals surface area contributed by atoms with Crippen LogP contribution >= 0.6 is 11.3 Å². The summed E-state index contributed by atoms with van der Waals surface area (Å²) >= 11 is 1.37. The molecule has 5 nitrogen and oxygen atoms in total. The van der Waals surface area contributed by atoms with Crippen molar-refractivity contribution in [2.24, 2.45) is 0 Å². The summed E-state index contributed by atoms with van der Waals surface area (Å²) in [4.78, 5) is 17.4. The maximum Gasteiger partial charge on any atom is 0.270 e. The Kier molecular flexibility index (Phi) is 4.52. The Balaban J connectivity index is 1.59. The van der Waals surface area contributed by atoms with Crippen molar-refractivity contribution in [3.05, 3.63) is 76.9 Å². The van der Waals surface area contributed by atoms with E-state index < -0.39 is 0 Å². The number of aromatic nitrogens is 2. The lowest BCUT2D eigenvalue weighted by Crippen LogP contribution is -2.11. The fourth-order valence-corrected chi connectivity index (χ4v) is 3.30. The second kappa shape index (κ2) is 7.13. The van der Waals surface area contributed by atoms with Gasteiger partial charge in [-0.3, -0.25) is 4.79 Å². The van der Waals surface area contributed by atoms with E-state index in [9.17, 15) is 9.18 Å². The first-order valence-electron chi connectivity index (χ1n) is 8.16. The van der Waals surface area contributed by atoms with Crippen molar-refractivity contribution in [3.63, 3.8) is 0 Å². The molecule has 0 unspecified atom stereocenters. The van der Waals surface area contributed by atoms with Gasteiger partial charge in [0.05, 0.1) is 5.69 Å². The number of nitrogens with one attached hydrogen (secondary N) is 1. The van der Waals surface area contributed by atoms with Gasteiger partial charge in [0.1, 0.15) is 10.7 Å². The lowest BCUT2D eigenvalue weighted by Gasteiger charge is -2.05. The molecule has 2 aromatic heterocycles. The molecule has 4 aromatic rings. The van der Waals surface area contributed by atoms with Crippen molar-refractivity contribution in [2.75, 3.05) is 5.32 Å². The standard InChI is InChI=1S/C20H14FN3O2S/c1-12-5-7-13(8-6-12)19(25)22-16-9-10-27-17(16)20-23-18(24-26-20)14-3-2-4-15(21)11-14/h2-11H,1H3,(H,22,25). The number of carbonyl (C=O) groups excluding carboxylic acids is 1. The molecule has 0 atom stereocenters. The van der Waals surface area contributed by atoms with E-state index in [-0.39, 0.29) is 23.4 Å². The van der Waals surface area contributed by atoms with Gasteiger partial charge in [-0.15, -0.1) is 11.3 Å². The number of aryl methyl sites for hydroxylation is 1. The minimum Gasteiger partial charge on any atom is -0.333 e. The topological polar surface area (TPSA) is 68.0 Å². The number of nitrogens with zero attached hydrogens (tertiary/aromatic N) is 2. The summed E-state index contributed by atoms with van der Waals surface area (Å²) in [6, 6.07) is 15.0. The molecule has 2 heterocycles. The van der Waals surface area contributed by atoms with Gasteiger partial charge in [-0.1, -0.05) is 35.0 Å². The number of hydrogen-bond donors (Lipinski definition) is 1. The van der Waals surface area contributed by atoms with E-state index in [0.717, 1.165) is 5.56 Å². The molecule has 0 aliphatic carbocycles. The van der Waals surface area contributed by atoms with E-state index in [2.05, 4.69) is 15.5 Å². The molecule has 0 spiro atoms. The summed E-state index contributed by atoms with van der Waals surface area (Å²) in [5.74, 6) is -0.0438. The third kappa shape index (κ3) is 3.63. The van der Waals surface area contributed by atoms with Crippen LogP contribution in [0.1, 0.15) is 15.9 Å². The lowest BCUT2D eigenvalue weighted by molar-refractivity contribution is 0.102. The number of amides is 1. The maximum atomic E-state index is 13.4. The van der Waals surface area contributed by atoms with E-state index in [1.165, 1.54) is 23.5 Å². The molecule has 0 aliphatic rings. The van der Waals surface area contributed by atoms with Crippen LogP contribution < -0.4 is 5.32 Å². The molecule has 4 rings (SSSR count). The summed E-state index contributed by atoms with van der Waals surface area (Å²) in [5.41, 5.74) is 2.74. The molecule has 0 saturated carbocycles. The van der Waals surface area contributed by atoms with Crippen LogP contribution in [0.15, 0.2) is 64.5 Å². The van der Waals surface area contributed by atoms with Crippen LogP contribution in [0.4, 0.5) is 10.1 Å². The van der Waals surface area contributed by atoms with E-state index in [4.69, 9.17) is 4.52 Å². The molecule has 0 aliphatic heterocycles. The number of thiophene rings is 1. The van der Waals surface area contributed by atoms with Crippen LogP contribution in [0.3, 0.4) is 0 Å². The van der Waals surface area contributed by atoms with Gasteiger partial charge in [0.15, 0.2) is 0 Å². The molecule has 0 radical (unpaired) electrons.